The van der Waals surface area contributed by atoms with Crippen molar-refractivity contribution in [3.8, 4) is 0 Å². The number of rotatable bonds is 10. The Hall–Kier alpha value is -2.71. The molecule has 4 heterocycles. The fourth-order valence-electron chi connectivity index (χ4n) is 5.12. The van der Waals surface area contributed by atoms with Crippen LogP contribution < -0.4 is 0 Å². The van der Waals surface area contributed by atoms with Crippen molar-refractivity contribution in [2.24, 2.45) is 0 Å². The molecule has 8 nitrogen and oxygen atoms in total. The van der Waals surface area contributed by atoms with Crippen molar-refractivity contribution in [2.75, 3.05) is 39.9 Å². The zero-order valence-corrected chi connectivity index (χ0v) is 20.5. The van der Waals surface area contributed by atoms with E-state index in [1.807, 2.05) is 36.1 Å². The van der Waals surface area contributed by atoms with E-state index in [9.17, 15) is 9.59 Å². The number of methoxy groups -OCH3 is 1. The van der Waals surface area contributed by atoms with Crippen LogP contribution in [-0.4, -0.2) is 77.1 Å². The Labute approximate surface area is 201 Å². The zero-order valence-electron chi connectivity index (χ0n) is 20.5. The van der Waals surface area contributed by atoms with Gasteiger partial charge in [-0.1, -0.05) is 13.0 Å². The standard InChI is InChI=1S/C26H36N4O4/c1-20(23-9-8-21(2)34-23)10-15-28-16-11-26(12-17-28)24(31)29(19-22-7-4-5-13-27-22)25(32)30(26)14-6-18-33-3/h4-5,7-9,13,20H,6,10-12,14-19H2,1-3H3/t20-/m1/s1. The van der Waals surface area contributed by atoms with Crippen LogP contribution in [0.15, 0.2) is 40.9 Å². The van der Waals surface area contributed by atoms with E-state index in [1.165, 1.54) is 4.90 Å². The molecule has 2 saturated heterocycles. The maximum Gasteiger partial charge on any atom is 0.328 e. The van der Waals surface area contributed by atoms with Crippen LogP contribution in [0.5, 0.6) is 0 Å². The van der Waals surface area contributed by atoms with Crippen molar-refractivity contribution in [1.29, 1.82) is 0 Å². The van der Waals surface area contributed by atoms with E-state index in [2.05, 4.69) is 22.9 Å². The highest BCUT2D eigenvalue weighted by Crippen LogP contribution is 2.38. The molecular formula is C26H36N4O4. The lowest BCUT2D eigenvalue weighted by molar-refractivity contribution is -0.136. The Morgan fingerprint density at radius 2 is 1.94 bits per heavy atom. The number of pyridine rings is 1. The first-order valence-electron chi connectivity index (χ1n) is 12.3. The number of aryl methyl sites for hydroxylation is 1. The molecule has 2 aliphatic rings. The summed E-state index contributed by atoms with van der Waals surface area (Å²) in [7, 11) is 1.66. The molecular weight excluding hydrogens is 432 g/mol. The van der Waals surface area contributed by atoms with Crippen LogP contribution in [0, 0.1) is 6.92 Å². The fourth-order valence-corrected chi connectivity index (χ4v) is 5.12. The lowest BCUT2D eigenvalue weighted by atomic mass is 9.85. The van der Waals surface area contributed by atoms with Crippen LogP contribution in [0.2, 0.25) is 0 Å². The van der Waals surface area contributed by atoms with E-state index in [-0.39, 0.29) is 18.5 Å². The van der Waals surface area contributed by atoms with Gasteiger partial charge in [0.1, 0.15) is 17.1 Å². The van der Waals surface area contributed by atoms with Gasteiger partial charge in [0.15, 0.2) is 0 Å². The molecule has 1 atom stereocenters. The number of aromatic nitrogens is 1. The minimum absolute atomic E-state index is 0.0837. The van der Waals surface area contributed by atoms with E-state index in [4.69, 9.17) is 9.15 Å². The monoisotopic (exact) mass is 468 g/mol. The number of imide groups is 1. The lowest BCUT2D eigenvalue weighted by Gasteiger charge is -2.42. The van der Waals surface area contributed by atoms with Gasteiger partial charge in [-0.3, -0.25) is 14.7 Å². The summed E-state index contributed by atoms with van der Waals surface area (Å²) in [4.78, 5) is 37.0. The van der Waals surface area contributed by atoms with Crippen LogP contribution >= 0.6 is 0 Å². The highest BCUT2D eigenvalue weighted by molar-refractivity contribution is 6.07. The van der Waals surface area contributed by atoms with Crippen LogP contribution in [0.1, 0.15) is 55.7 Å². The summed E-state index contributed by atoms with van der Waals surface area (Å²) in [6.07, 6.45) is 4.69. The maximum absolute atomic E-state index is 13.7. The van der Waals surface area contributed by atoms with Crippen molar-refractivity contribution < 1.29 is 18.7 Å². The summed E-state index contributed by atoms with van der Waals surface area (Å²) in [6, 6.07) is 9.42. The van der Waals surface area contributed by atoms with Gasteiger partial charge in [0.2, 0.25) is 0 Å². The molecule has 2 aromatic heterocycles. The molecule has 4 rings (SSSR count). The number of ether oxygens (including phenoxy) is 1. The third-order valence-electron chi connectivity index (χ3n) is 7.21. The summed E-state index contributed by atoms with van der Waals surface area (Å²) in [6.45, 7) is 7.98. The molecule has 2 fully saturated rings. The van der Waals surface area contributed by atoms with Crippen molar-refractivity contribution >= 4 is 11.9 Å². The van der Waals surface area contributed by atoms with Crippen molar-refractivity contribution in [3.63, 3.8) is 0 Å². The molecule has 1 spiro atoms. The molecule has 0 bridgehead atoms. The topological polar surface area (TPSA) is 79.1 Å². The Kier molecular flexibility index (Phi) is 7.68. The first-order chi connectivity index (χ1) is 16.4. The van der Waals surface area contributed by atoms with E-state index >= 15 is 0 Å². The number of amides is 3. The van der Waals surface area contributed by atoms with Gasteiger partial charge in [-0.25, -0.2) is 4.79 Å². The van der Waals surface area contributed by atoms with Gasteiger partial charge in [0.05, 0.1) is 12.2 Å². The predicted octanol–water partition coefficient (Wildman–Crippen LogP) is 3.81. The fraction of sp³-hybridized carbons (Fsp3) is 0.577. The summed E-state index contributed by atoms with van der Waals surface area (Å²) in [5.74, 6) is 2.23. The van der Waals surface area contributed by atoms with E-state index < -0.39 is 5.54 Å². The number of carbonyl (C=O) groups is 2. The summed E-state index contributed by atoms with van der Waals surface area (Å²) in [5, 5.41) is 0. The van der Waals surface area contributed by atoms with Gasteiger partial charge in [0.25, 0.3) is 5.91 Å². The smallest absolute Gasteiger partial charge is 0.328 e. The van der Waals surface area contributed by atoms with Crippen LogP contribution in [-0.2, 0) is 16.1 Å². The Morgan fingerprint density at radius 3 is 2.59 bits per heavy atom. The number of furan rings is 1. The molecule has 0 radical (unpaired) electrons. The third-order valence-corrected chi connectivity index (χ3v) is 7.21. The van der Waals surface area contributed by atoms with Crippen LogP contribution in [0.4, 0.5) is 4.79 Å². The molecule has 2 aliphatic heterocycles. The van der Waals surface area contributed by atoms with Crippen molar-refractivity contribution in [1.82, 2.24) is 19.7 Å². The number of piperidine rings is 1. The second-order valence-corrected chi connectivity index (χ2v) is 9.50. The third kappa shape index (κ3) is 5.03. The molecule has 34 heavy (non-hydrogen) atoms. The summed E-state index contributed by atoms with van der Waals surface area (Å²) < 4.78 is 11.0. The lowest BCUT2D eigenvalue weighted by Crippen LogP contribution is -2.57. The van der Waals surface area contributed by atoms with E-state index in [1.54, 1.807) is 13.3 Å². The predicted molar refractivity (Wildman–Crippen MR) is 128 cm³/mol. The number of nitrogens with zero attached hydrogens (tertiary/aromatic N) is 4. The van der Waals surface area contributed by atoms with Gasteiger partial charge in [-0.2, -0.15) is 0 Å². The second kappa shape index (κ2) is 10.7. The van der Waals surface area contributed by atoms with Gasteiger partial charge >= 0.3 is 6.03 Å². The molecule has 0 aliphatic carbocycles. The summed E-state index contributed by atoms with van der Waals surface area (Å²) in [5.41, 5.74) is -0.0440. The van der Waals surface area contributed by atoms with Crippen molar-refractivity contribution in [3.05, 3.63) is 53.7 Å². The first-order valence-corrected chi connectivity index (χ1v) is 12.3. The number of hydrogen-bond acceptors (Lipinski definition) is 6. The van der Waals surface area contributed by atoms with Crippen LogP contribution in [0.25, 0.3) is 0 Å². The molecule has 0 aromatic carbocycles. The van der Waals surface area contributed by atoms with Gasteiger partial charge in [-0.15, -0.1) is 0 Å². The second-order valence-electron chi connectivity index (χ2n) is 9.50. The normalized spacial score (nSPS) is 19.4. The minimum atomic E-state index is -0.764. The largest absolute Gasteiger partial charge is 0.466 e. The van der Waals surface area contributed by atoms with E-state index in [0.717, 1.165) is 43.3 Å². The summed E-state index contributed by atoms with van der Waals surface area (Å²) >= 11 is 0. The highest BCUT2D eigenvalue weighted by atomic mass is 16.5. The van der Waals surface area contributed by atoms with E-state index in [0.29, 0.717) is 38.3 Å². The minimum Gasteiger partial charge on any atom is -0.466 e. The Morgan fingerprint density at radius 1 is 1.15 bits per heavy atom. The van der Waals surface area contributed by atoms with Crippen LogP contribution in [0.3, 0.4) is 0 Å². The molecule has 0 N–H and O–H groups in total. The SMILES string of the molecule is COCCCN1C(=O)N(Cc2ccccn2)C(=O)C12CCN(CC[C@@H](C)c1ccc(C)o1)CC2. The number of urea groups is 1. The molecule has 184 valence electrons. The van der Waals surface area contributed by atoms with Gasteiger partial charge < -0.3 is 19.0 Å². The highest BCUT2D eigenvalue weighted by Gasteiger charge is 2.57. The quantitative estimate of drug-likeness (QED) is 0.390. The van der Waals surface area contributed by atoms with Crippen molar-refractivity contribution in [2.45, 2.75) is 57.5 Å². The average molecular weight is 469 g/mol. The maximum atomic E-state index is 13.7. The number of likely N-dealkylation sites (tertiary alicyclic amines) is 1. The molecule has 3 amide bonds. The molecule has 8 heteroatoms. The Balaban J connectivity index is 1.42. The van der Waals surface area contributed by atoms with Gasteiger partial charge in [0, 0.05) is 45.5 Å². The number of hydrogen-bond donors (Lipinski definition) is 0. The molecule has 0 saturated carbocycles. The first kappa shape index (κ1) is 24.4. The molecule has 0 unspecified atom stereocenters. The average Bonchev–Trinajstić information content (AvgIpc) is 3.36. The Bertz CT molecular complexity index is 968. The molecule has 2 aromatic rings. The van der Waals surface area contributed by atoms with Gasteiger partial charge in [-0.05, 0) is 63.4 Å². The number of carbonyl (C=O) groups excluding carboxylic acids is 2. The zero-order chi connectivity index (χ0) is 24.1.